The molecule has 0 saturated carbocycles. The minimum atomic E-state index is -0.0671. The van der Waals surface area contributed by atoms with E-state index in [1.165, 1.54) is 0 Å². The summed E-state index contributed by atoms with van der Waals surface area (Å²) in [4.78, 5) is 14.9. The molecular weight excluding hydrogens is 362 g/mol. The maximum absolute atomic E-state index is 13.0. The van der Waals surface area contributed by atoms with Crippen molar-refractivity contribution in [3.05, 3.63) is 102 Å². The Morgan fingerprint density at radius 1 is 0.828 bits per heavy atom. The molecule has 148 valence electrons. The van der Waals surface area contributed by atoms with Crippen molar-refractivity contribution in [2.45, 2.75) is 13.1 Å². The first kappa shape index (κ1) is 20.2. The van der Waals surface area contributed by atoms with Gasteiger partial charge in [-0.15, -0.1) is 0 Å². The highest BCUT2D eigenvalue weighted by atomic mass is 16.5. The van der Waals surface area contributed by atoms with Gasteiger partial charge in [-0.3, -0.25) is 4.79 Å². The summed E-state index contributed by atoms with van der Waals surface area (Å²) in [5.41, 5.74) is 2.97. The molecule has 0 radical (unpaired) electrons. The highest BCUT2D eigenvalue weighted by Crippen LogP contribution is 2.25. The maximum atomic E-state index is 13.0. The van der Waals surface area contributed by atoms with Gasteiger partial charge in [-0.05, 0) is 35.4 Å². The molecule has 0 saturated heterocycles. The molecule has 3 aromatic rings. The molecule has 1 amide bonds. The Morgan fingerprint density at radius 3 is 1.93 bits per heavy atom. The minimum absolute atomic E-state index is 0.0671. The van der Waals surface area contributed by atoms with E-state index in [1.807, 2.05) is 83.8 Å². The average molecular weight is 387 g/mol. The Labute approximate surface area is 172 Å². The van der Waals surface area contributed by atoms with Crippen molar-refractivity contribution in [3.63, 3.8) is 0 Å². The van der Waals surface area contributed by atoms with Gasteiger partial charge in [-0.1, -0.05) is 60.7 Å². The molecule has 29 heavy (non-hydrogen) atoms. The van der Waals surface area contributed by atoms with Gasteiger partial charge in [0.05, 0.1) is 14.2 Å². The molecule has 0 aromatic heterocycles. The Balaban J connectivity index is 1.83. The number of carbonyl (C=O) groups excluding carboxylic acids is 1. The van der Waals surface area contributed by atoms with E-state index in [9.17, 15) is 4.79 Å². The molecule has 0 aliphatic heterocycles. The summed E-state index contributed by atoms with van der Waals surface area (Å²) in [5.74, 6) is 1.33. The third-order valence-corrected chi connectivity index (χ3v) is 4.59. The molecule has 0 spiro atoms. The van der Waals surface area contributed by atoms with Crippen LogP contribution in [0.1, 0.15) is 16.7 Å². The summed E-state index contributed by atoms with van der Waals surface area (Å²) in [6.45, 7) is 1.07. The number of benzene rings is 3. The van der Waals surface area contributed by atoms with E-state index in [0.29, 0.717) is 24.6 Å². The lowest BCUT2D eigenvalue weighted by Crippen LogP contribution is -2.28. The zero-order valence-electron chi connectivity index (χ0n) is 16.7. The number of hydrogen-bond acceptors (Lipinski definition) is 3. The lowest BCUT2D eigenvalue weighted by molar-refractivity contribution is -0.127. The van der Waals surface area contributed by atoms with Crippen molar-refractivity contribution in [2.75, 3.05) is 14.2 Å². The van der Waals surface area contributed by atoms with Gasteiger partial charge >= 0.3 is 0 Å². The van der Waals surface area contributed by atoms with Crippen LogP contribution in [0.15, 0.2) is 84.9 Å². The first-order valence-electron chi connectivity index (χ1n) is 9.46. The zero-order valence-corrected chi connectivity index (χ0v) is 16.7. The summed E-state index contributed by atoms with van der Waals surface area (Å²) in [6.07, 6.45) is 3.36. The van der Waals surface area contributed by atoms with Crippen LogP contribution < -0.4 is 9.47 Å². The van der Waals surface area contributed by atoms with Crippen LogP contribution in [0.3, 0.4) is 0 Å². The number of carbonyl (C=O) groups is 1. The molecule has 3 aromatic carbocycles. The van der Waals surface area contributed by atoms with Crippen molar-refractivity contribution in [2.24, 2.45) is 0 Å². The van der Waals surface area contributed by atoms with Gasteiger partial charge in [0.15, 0.2) is 0 Å². The Morgan fingerprint density at radius 2 is 1.41 bits per heavy atom. The van der Waals surface area contributed by atoms with Crippen molar-refractivity contribution in [3.8, 4) is 11.5 Å². The predicted octanol–water partition coefficient (Wildman–Crippen LogP) is 4.95. The fourth-order valence-corrected chi connectivity index (χ4v) is 3.06. The molecule has 0 bridgehead atoms. The number of nitrogens with zero attached hydrogens (tertiary/aromatic N) is 1. The van der Waals surface area contributed by atoms with Gasteiger partial charge in [0, 0.05) is 24.7 Å². The molecule has 0 fully saturated rings. The first-order chi connectivity index (χ1) is 14.2. The number of ether oxygens (including phenoxy) is 2. The van der Waals surface area contributed by atoms with E-state index in [-0.39, 0.29) is 5.91 Å². The number of amides is 1. The van der Waals surface area contributed by atoms with Crippen LogP contribution in [-0.2, 0) is 17.9 Å². The highest BCUT2D eigenvalue weighted by molar-refractivity contribution is 5.92. The van der Waals surface area contributed by atoms with Crippen LogP contribution in [0, 0.1) is 0 Å². The summed E-state index contributed by atoms with van der Waals surface area (Å²) >= 11 is 0. The van der Waals surface area contributed by atoms with E-state index >= 15 is 0 Å². The molecule has 4 heteroatoms. The smallest absolute Gasteiger partial charge is 0.247 e. The lowest BCUT2D eigenvalue weighted by atomic mass is 10.1. The Hall–Kier alpha value is -3.53. The van der Waals surface area contributed by atoms with Crippen LogP contribution in [0.4, 0.5) is 0 Å². The number of rotatable bonds is 8. The summed E-state index contributed by atoms with van der Waals surface area (Å²) in [6, 6.07) is 25.5. The minimum Gasteiger partial charge on any atom is -0.497 e. The fraction of sp³-hybridized carbons (Fsp3) is 0.160. The third kappa shape index (κ3) is 5.72. The average Bonchev–Trinajstić information content (AvgIpc) is 2.78. The van der Waals surface area contributed by atoms with Gasteiger partial charge in [0.1, 0.15) is 11.5 Å². The Kier molecular flexibility index (Phi) is 7.06. The van der Waals surface area contributed by atoms with Crippen LogP contribution >= 0.6 is 0 Å². The largest absolute Gasteiger partial charge is 0.497 e. The van der Waals surface area contributed by atoms with Crippen molar-refractivity contribution in [1.82, 2.24) is 4.90 Å². The molecule has 0 unspecified atom stereocenters. The third-order valence-electron chi connectivity index (χ3n) is 4.59. The predicted molar refractivity (Wildman–Crippen MR) is 116 cm³/mol. The molecule has 0 N–H and O–H groups in total. The molecule has 0 atom stereocenters. The van der Waals surface area contributed by atoms with E-state index in [1.54, 1.807) is 26.4 Å². The number of methoxy groups -OCH3 is 2. The SMILES string of the molecule is COc1ccc(OC)c(/C=C/C(=O)N(Cc2ccccc2)Cc2ccccc2)c1. The van der Waals surface area contributed by atoms with Gasteiger partial charge in [0.25, 0.3) is 0 Å². The molecule has 0 aliphatic carbocycles. The maximum Gasteiger partial charge on any atom is 0.247 e. The van der Waals surface area contributed by atoms with E-state index in [2.05, 4.69) is 0 Å². The summed E-state index contributed by atoms with van der Waals surface area (Å²) < 4.78 is 10.7. The van der Waals surface area contributed by atoms with E-state index in [0.717, 1.165) is 16.7 Å². The topological polar surface area (TPSA) is 38.8 Å². The van der Waals surface area contributed by atoms with Crippen LogP contribution in [0.25, 0.3) is 6.08 Å². The Bertz CT molecular complexity index is 911. The van der Waals surface area contributed by atoms with Crippen LogP contribution in [-0.4, -0.2) is 25.0 Å². The van der Waals surface area contributed by atoms with E-state index in [4.69, 9.17) is 9.47 Å². The van der Waals surface area contributed by atoms with E-state index < -0.39 is 0 Å². The second-order valence-corrected chi connectivity index (χ2v) is 6.61. The van der Waals surface area contributed by atoms with Gasteiger partial charge in [-0.25, -0.2) is 0 Å². The van der Waals surface area contributed by atoms with Gasteiger partial charge in [-0.2, -0.15) is 0 Å². The first-order valence-corrected chi connectivity index (χ1v) is 9.46. The standard InChI is InChI=1S/C25H25NO3/c1-28-23-14-15-24(29-2)22(17-23)13-16-25(27)26(18-20-9-5-3-6-10-20)19-21-11-7-4-8-12-21/h3-17H,18-19H2,1-2H3/b16-13+. The second-order valence-electron chi connectivity index (χ2n) is 6.61. The van der Waals surface area contributed by atoms with Gasteiger partial charge in [0.2, 0.25) is 5.91 Å². The van der Waals surface area contributed by atoms with Crippen LogP contribution in [0.5, 0.6) is 11.5 Å². The van der Waals surface area contributed by atoms with Crippen molar-refractivity contribution in [1.29, 1.82) is 0 Å². The van der Waals surface area contributed by atoms with Crippen molar-refractivity contribution >= 4 is 12.0 Å². The monoisotopic (exact) mass is 387 g/mol. The molecule has 0 aliphatic rings. The molecular formula is C25H25NO3. The molecule has 0 heterocycles. The zero-order chi connectivity index (χ0) is 20.5. The lowest BCUT2D eigenvalue weighted by Gasteiger charge is -2.22. The van der Waals surface area contributed by atoms with Gasteiger partial charge < -0.3 is 14.4 Å². The highest BCUT2D eigenvalue weighted by Gasteiger charge is 2.13. The van der Waals surface area contributed by atoms with Crippen LogP contribution in [0.2, 0.25) is 0 Å². The number of hydrogen-bond donors (Lipinski definition) is 0. The quantitative estimate of drug-likeness (QED) is 0.514. The molecule has 3 rings (SSSR count). The fourth-order valence-electron chi connectivity index (χ4n) is 3.06. The summed E-state index contributed by atoms with van der Waals surface area (Å²) in [7, 11) is 3.22. The molecule has 4 nitrogen and oxygen atoms in total. The normalized spacial score (nSPS) is 10.7. The summed E-state index contributed by atoms with van der Waals surface area (Å²) in [5, 5.41) is 0. The second kappa shape index (κ2) is 10.1. The van der Waals surface area contributed by atoms with Crippen molar-refractivity contribution < 1.29 is 14.3 Å².